The number of rotatable bonds is 6. The Hall–Kier alpha value is -1.28. The summed E-state index contributed by atoms with van der Waals surface area (Å²) < 4.78 is 5.21. The van der Waals surface area contributed by atoms with E-state index in [1.54, 1.807) is 7.11 Å². The number of benzene rings is 1. The van der Waals surface area contributed by atoms with Gasteiger partial charge in [-0.05, 0) is 55.8 Å². The van der Waals surface area contributed by atoms with E-state index in [9.17, 15) is 0 Å². The Balaban J connectivity index is 1.89. The summed E-state index contributed by atoms with van der Waals surface area (Å²) in [6.07, 6.45) is 9.54. The highest BCUT2D eigenvalue weighted by atomic mass is 16.5. The first-order chi connectivity index (χ1) is 9.33. The second kappa shape index (κ2) is 7.34. The van der Waals surface area contributed by atoms with E-state index in [1.807, 2.05) is 12.1 Å². The summed E-state index contributed by atoms with van der Waals surface area (Å²) in [6, 6.07) is 8.88. The van der Waals surface area contributed by atoms with Gasteiger partial charge in [0.15, 0.2) is 0 Å². The van der Waals surface area contributed by atoms with Gasteiger partial charge in [0.05, 0.1) is 7.11 Å². The Morgan fingerprint density at radius 1 is 1.26 bits per heavy atom. The molecule has 1 N–H and O–H groups in total. The molecule has 2 unspecified atom stereocenters. The highest BCUT2D eigenvalue weighted by Gasteiger charge is 2.13. The van der Waals surface area contributed by atoms with Crippen LogP contribution in [0.4, 0.5) is 0 Å². The van der Waals surface area contributed by atoms with Gasteiger partial charge in [0, 0.05) is 6.04 Å². The third-order valence-electron chi connectivity index (χ3n) is 3.96. The van der Waals surface area contributed by atoms with Gasteiger partial charge in [0.1, 0.15) is 5.75 Å². The van der Waals surface area contributed by atoms with Crippen molar-refractivity contribution in [3.63, 3.8) is 0 Å². The molecule has 0 aromatic heterocycles. The zero-order chi connectivity index (χ0) is 13.5. The predicted octanol–water partition coefficient (Wildman–Crippen LogP) is 4.09. The largest absolute Gasteiger partial charge is 0.497 e. The molecule has 0 amide bonds. The van der Waals surface area contributed by atoms with Gasteiger partial charge in [-0.3, -0.25) is 0 Å². The maximum absolute atomic E-state index is 5.21. The number of methoxy groups -OCH3 is 1. The molecular formula is C17H25NO. The quantitative estimate of drug-likeness (QED) is 0.777. The summed E-state index contributed by atoms with van der Waals surface area (Å²) >= 11 is 0. The Labute approximate surface area is 116 Å². The van der Waals surface area contributed by atoms with Crippen LogP contribution in [0.1, 0.15) is 44.2 Å². The lowest BCUT2D eigenvalue weighted by molar-refractivity contribution is 0.399. The molecule has 2 nitrogen and oxygen atoms in total. The Morgan fingerprint density at radius 2 is 2.05 bits per heavy atom. The first-order valence-corrected chi connectivity index (χ1v) is 7.35. The first kappa shape index (κ1) is 14.1. The number of nitrogens with one attached hydrogen (secondary N) is 1. The van der Waals surface area contributed by atoms with Gasteiger partial charge >= 0.3 is 0 Å². The molecule has 104 valence electrons. The molecule has 0 fully saturated rings. The number of ether oxygens (including phenoxy) is 1. The monoisotopic (exact) mass is 259 g/mol. The number of allylic oxidation sites excluding steroid dienone is 2. The Morgan fingerprint density at radius 3 is 2.63 bits per heavy atom. The summed E-state index contributed by atoms with van der Waals surface area (Å²) in [4.78, 5) is 0. The van der Waals surface area contributed by atoms with Crippen LogP contribution in [0, 0.1) is 5.92 Å². The second-order valence-electron chi connectivity index (χ2n) is 5.29. The van der Waals surface area contributed by atoms with E-state index < -0.39 is 0 Å². The van der Waals surface area contributed by atoms with Crippen LogP contribution >= 0.6 is 0 Å². The summed E-state index contributed by atoms with van der Waals surface area (Å²) in [5, 5.41) is 3.72. The van der Waals surface area contributed by atoms with Crippen LogP contribution in [-0.4, -0.2) is 13.7 Å². The van der Waals surface area contributed by atoms with E-state index in [4.69, 9.17) is 4.74 Å². The molecule has 0 saturated heterocycles. The van der Waals surface area contributed by atoms with Gasteiger partial charge in [-0.25, -0.2) is 0 Å². The van der Waals surface area contributed by atoms with Gasteiger partial charge in [0.2, 0.25) is 0 Å². The van der Waals surface area contributed by atoms with E-state index in [-0.39, 0.29) is 0 Å². The fourth-order valence-electron chi connectivity index (χ4n) is 2.68. The predicted molar refractivity (Wildman–Crippen MR) is 80.5 cm³/mol. The van der Waals surface area contributed by atoms with Crippen LogP contribution in [0.15, 0.2) is 36.4 Å². The normalized spacial score (nSPS) is 20.2. The Bertz CT molecular complexity index is 396. The zero-order valence-corrected chi connectivity index (χ0v) is 12.1. The van der Waals surface area contributed by atoms with Gasteiger partial charge in [-0.1, -0.05) is 31.2 Å². The molecule has 1 aromatic carbocycles. The average molecular weight is 259 g/mol. The molecule has 1 aromatic rings. The Kier molecular flexibility index (Phi) is 5.46. The van der Waals surface area contributed by atoms with Crippen molar-refractivity contribution < 1.29 is 4.74 Å². The minimum Gasteiger partial charge on any atom is -0.497 e. The van der Waals surface area contributed by atoms with E-state index >= 15 is 0 Å². The molecule has 0 radical (unpaired) electrons. The summed E-state index contributed by atoms with van der Waals surface area (Å²) in [5.41, 5.74) is 1.36. The second-order valence-corrected chi connectivity index (χ2v) is 5.29. The topological polar surface area (TPSA) is 21.3 Å². The fraction of sp³-hybridized carbons (Fsp3) is 0.529. The lowest BCUT2D eigenvalue weighted by Gasteiger charge is -2.23. The van der Waals surface area contributed by atoms with Gasteiger partial charge < -0.3 is 10.1 Å². The zero-order valence-electron chi connectivity index (χ0n) is 12.1. The molecule has 0 bridgehead atoms. The van der Waals surface area contributed by atoms with Crippen molar-refractivity contribution in [3.8, 4) is 5.75 Å². The van der Waals surface area contributed by atoms with E-state index in [1.165, 1.54) is 24.8 Å². The lowest BCUT2D eigenvalue weighted by atomic mass is 9.93. The van der Waals surface area contributed by atoms with E-state index in [0.717, 1.165) is 24.6 Å². The van der Waals surface area contributed by atoms with E-state index in [2.05, 4.69) is 36.5 Å². The molecule has 0 saturated carbocycles. The van der Waals surface area contributed by atoms with Crippen LogP contribution in [0.3, 0.4) is 0 Å². The maximum atomic E-state index is 5.21. The van der Waals surface area contributed by atoms with Crippen LogP contribution in [-0.2, 0) is 0 Å². The smallest absolute Gasteiger partial charge is 0.118 e. The van der Waals surface area contributed by atoms with Crippen LogP contribution in [0.25, 0.3) is 0 Å². The maximum Gasteiger partial charge on any atom is 0.118 e. The van der Waals surface area contributed by atoms with Crippen molar-refractivity contribution in [1.82, 2.24) is 5.32 Å². The number of hydrogen-bond donors (Lipinski definition) is 1. The van der Waals surface area contributed by atoms with E-state index in [0.29, 0.717) is 6.04 Å². The third-order valence-corrected chi connectivity index (χ3v) is 3.96. The molecule has 0 heterocycles. The fourth-order valence-corrected chi connectivity index (χ4v) is 2.68. The number of hydrogen-bond acceptors (Lipinski definition) is 2. The minimum absolute atomic E-state index is 0.455. The van der Waals surface area contributed by atoms with Gasteiger partial charge in [-0.2, -0.15) is 0 Å². The van der Waals surface area contributed by atoms with Crippen LogP contribution in [0.5, 0.6) is 5.75 Å². The molecule has 1 aliphatic rings. The molecule has 2 atom stereocenters. The van der Waals surface area contributed by atoms with Crippen molar-refractivity contribution in [3.05, 3.63) is 42.0 Å². The first-order valence-electron chi connectivity index (χ1n) is 7.35. The molecular weight excluding hydrogens is 234 g/mol. The van der Waals surface area contributed by atoms with Crippen molar-refractivity contribution in [2.75, 3.05) is 13.7 Å². The van der Waals surface area contributed by atoms with Crippen molar-refractivity contribution in [2.24, 2.45) is 5.92 Å². The summed E-state index contributed by atoms with van der Waals surface area (Å²) in [5.74, 6) is 1.73. The third kappa shape index (κ3) is 4.10. The van der Waals surface area contributed by atoms with Crippen LogP contribution in [0.2, 0.25) is 0 Å². The van der Waals surface area contributed by atoms with Gasteiger partial charge in [-0.15, -0.1) is 0 Å². The highest BCUT2D eigenvalue weighted by Crippen LogP contribution is 2.22. The van der Waals surface area contributed by atoms with Gasteiger partial charge in [0.25, 0.3) is 0 Å². The average Bonchev–Trinajstić information content (AvgIpc) is 2.49. The molecule has 0 spiro atoms. The van der Waals surface area contributed by atoms with Crippen molar-refractivity contribution >= 4 is 0 Å². The highest BCUT2D eigenvalue weighted by molar-refractivity contribution is 5.29. The van der Waals surface area contributed by atoms with Crippen LogP contribution < -0.4 is 10.1 Å². The molecule has 0 aliphatic heterocycles. The SMILES string of the molecule is CCC(NCC1CC=CCC1)c1ccc(OC)cc1. The molecule has 1 aliphatic carbocycles. The molecule has 2 rings (SSSR count). The molecule has 2 heteroatoms. The van der Waals surface area contributed by atoms with Crippen molar-refractivity contribution in [1.29, 1.82) is 0 Å². The molecule has 19 heavy (non-hydrogen) atoms. The standard InChI is InChI=1S/C17H25NO/c1-3-17(15-9-11-16(19-2)12-10-15)18-13-14-7-5-4-6-8-14/h4-5,9-12,14,17-18H,3,6-8,13H2,1-2H3. The van der Waals surface area contributed by atoms with Crippen molar-refractivity contribution in [2.45, 2.75) is 38.6 Å². The summed E-state index contributed by atoms with van der Waals surface area (Å²) in [6.45, 7) is 3.36. The lowest BCUT2D eigenvalue weighted by Crippen LogP contribution is -2.27. The minimum atomic E-state index is 0.455. The summed E-state index contributed by atoms with van der Waals surface area (Å²) in [7, 11) is 1.71.